The molecular formula is C14H14N2OS. The predicted octanol–water partition coefficient (Wildman–Crippen LogP) is 2.83. The molecule has 2 aromatic rings. The van der Waals surface area contributed by atoms with Gasteiger partial charge in [-0.05, 0) is 18.1 Å². The van der Waals surface area contributed by atoms with E-state index in [-0.39, 0.29) is 12.5 Å². The van der Waals surface area contributed by atoms with Gasteiger partial charge < -0.3 is 5.11 Å². The molecule has 4 heteroatoms. The first kappa shape index (κ1) is 12.9. The molecule has 1 heterocycles. The molecule has 0 aliphatic heterocycles. The monoisotopic (exact) mass is 258 g/mol. The van der Waals surface area contributed by atoms with E-state index < -0.39 is 0 Å². The molecular weight excluding hydrogens is 244 g/mol. The van der Waals surface area contributed by atoms with Crippen LogP contribution in [0.15, 0.2) is 35.4 Å². The standard InChI is InChI=1S/C14H14N2OS/c1-10(8-17)9-18-14-12(7-15)6-11-4-2-3-5-13(11)16-14/h2-6,10,17H,8-9H2,1H3. The van der Waals surface area contributed by atoms with E-state index in [1.807, 2.05) is 37.3 Å². The molecule has 0 fully saturated rings. The number of para-hydroxylation sites is 1. The van der Waals surface area contributed by atoms with E-state index in [1.54, 1.807) is 0 Å². The van der Waals surface area contributed by atoms with Crippen molar-refractivity contribution in [2.24, 2.45) is 5.92 Å². The van der Waals surface area contributed by atoms with Crippen LogP contribution in [0.3, 0.4) is 0 Å². The predicted molar refractivity (Wildman–Crippen MR) is 73.4 cm³/mol. The van der Waals surface area contributed by atoms with Gasteiger partial charge in [-0.25, -0.2) is 4.98 Å². The normalized spacial score (nSPS) is 12.3. The maximum absolute atomic E-state index is 9.15. The van der Waals surface area contributed by atoms with Gasteiger partial charge in [0.05, 0.1) is 11.1 Å². The van der Waals surface area contributed by atoms with Gasteiger partial charge in [0.25, 0.3) is 0 Å². The number of fused-ring (bicyclic) bond motifs is 1. The van der Waals surface area contributed by atoms with Crippen LogP contribution < -0.4 is 0 Å². The fourth-order valence-electron chi connectivity index (χ4n) is 1.56. The first-order chi connectivity index (χ1) is 8.74. The summed E-state index contributed by atoms with van der Waals surface area (Å²) in [7, 11) is 0. The van der Waals surface area contributed by atoms with Crippen molar-refractivity contribution >= 4 is 22.7 Å². The highest BCUT2D eigenvalue weighted by molar-refractivity contribution is 7.99. The SMILES string of the molecule is CC(CO)CSc1nc2ccccc2cc1C#N. The van der Waals surface area contributed by atoms with Crippen LogP contribution in [0.1, 0.15) is 12.5 Å². The van der Waals surface area contributed by atoms with E-state index in [9.17, 15) is 0 Å². The summed E-state index contributed by atoms with van der Waals surface area (Å²) in [6.07, 6.45) is 0. The molecule has 0 radical (unpaired) electrons. The summed E-state index contributed by atoms with van der Waals surface area (Å²) in [4.78, 5) is 4.51. The van der Waals surface area contributed by atoms with E-state index in [0.717, 1.165) is 21.7 Å². The first-order valence-corrected chi connectivity index (χ1v) is 6.76. The number of pyridine rings is 1. The Bertz CT molecular complexity index is 592. The van der Waals surface area contributed by atoms with Crippen molar-refractivity contribution in [3.8, 4) is 6.07 Å². The molecule has 3 nitrogen and oxygen atoms in total. The van der Waals surface area contributed by atoms with Crippen LogP contribution in [0.25, 0.3) is 10.9 Å². The third-order valence-electron chi connectivity index (χ3n) is 2.63. The number of rotatable bonds is 4. The second kappa shape index (κ2) is 5.85. The third kappa shape index (κ3) is 2.81. The molecule has 1 unspecified atom stereocenters. The lowest BCUT2D eigenvalue weighted by Crippen LogP contribution is -2.04. The molecule has 1 atom stereocenters. The lowest BCUT2D eigenvalue weighted by Gasteiger charge is -2.08. The van der Waals surface area contributed by atoms with Crippen LogP contribution in [0.5, 0.6) is 0 Å². The largest absolute Gasteiger partial charge is 0.396 e. The molecule has 1 aromatic heterocycles. The summed E-state index contributed by atoms with van der Waals surface area (Å²) < 4.78 is 0. The highest BCUT2D eigenvalue weighted by atomic mass is 32.2. The van der Waals surface area contributed by atoms with E-state index >= 15 is 0 Å². The summed E-state index contributed by atoms with van der Waals surface area (Å²) in [6, 6.07) is 11.8. The molecule has 1 aromatic carbocycles. The van der Waals surface area contributed by atoms with E-state index in [1.165, 1.54) is 11.8 Å². The van der Waals surface area contributed by atoms with Crippen molar-refractivity contribution in [1.82, 2.24) is 4.98 Å². The van der Waals surface area contributed by atoms with Gasteiger partial charge >= 0.3 is 0 Å². The van der Waals surface area contributed by atoms with Gasteiger partial charge in [0, 0.05) is 17.7 Å². The van der Waals surface area contributed by atoms with Gasteiger partial charge in [0.2, 0.25) is 0 Å². The van der Waals surface area contributed by atoms with E-state index in [2.05, 4.69) is 11.1 Å². The molecule has 0 saturated heterocycles. The number of aromatic nitrogens is 1. The van der Waals surface area contributed by atoms with Crippen molar-refractivity contribution in [2.75, 3.05) is 12.4 Å². The zero-order valence-corrected chi connectivity index (χ0v) is 10.9. The molecule has 0 saturated carbocycles. The Hall–Kier alpha value is -1.57. The third-order valence-corrected chi connectivity index (χ3v) is 3.95. The quantitative estimate of drug-likeness (QED) is 0.857. The van der Waals surface area contributed by atoms with Gasteiger partial charge in [-0.15, -0.1) is 11.8 Å². The van der Waals surface area contributed by atoms with Crippen molar-refractivity contribution in [3.05, 3.63) is 35.9 Å². The second-order valence-electron chi connectivity index (χ2n) is 4.24. The Morgan fingerprint density at radius 3 is 2.94 bits per heavy atom. The van der Waals surface area contributed by atoms with Gasteiger partial charge in [-0.1, -0.05) is 25.1 Å². The number of hydrogen-bond acceptors (Lipinski definition) is 4. The molecule has 92 valence electrons. The minimum absolute atomic E-state index is 0.155. The Morgan fingerprint density at radius 2 is 2.22 bits per heavy atom. The molecule has 0 aliphatic carbocycles. The minimum Gasteiger partial charge on any atom is -0.396 e. The van der Waals surface area contributed by atoms with Crippen LogP contribution >= 0.6 is 11.8 Å². The Morgan fingerprint density at radius 1 is 1.44 bits per heavy atom. The number of hydrogen-bond donors (Lipinski definition) is 1. The summed E-state index contributed by atoms with van der Waals surface area (Å²) in [5.41, 5.74) is 1.50. The average Bonchev–Trinajstić information content (AvgIpc) is 2.43. The number of aliphatic hydroxyl groups excluding tert-OH is 1. The van der Waals surface area contributed by atoms with E-state index in [0.29, 0.717) is 5.56 Å². The number of benzene rings is 1. The van der Waals surface area contributed by atoms with E-state index in [4.69, 9.17) is 10.4 Å². The van der Waals surface area contributed by atoms with Crippen LogP contribution in [-0.2, 0) is 0 Å². The lowest BCUT2D eigenvalue weighted by molar-refractivity contribution is 0.250. The maximum Gasteiger partial charge on any atom is 0.115 e. The summed E-state index contributed by atoms with van der Waals surface area (Å²) in [5.74, 6) is 0.964. The van der Waals surface area contributed by atoms with Gasteiger partial charge in [0.15, 0.2) is 0 Å². The number of nitrogens with zero attached hydrogens (tertiary/aromatic N) is 2. The number of aliphatic hydroxyl groups is 1. The second-order valence-corrected chi connectivity index (χ2v) is 5.25. The maximum atomic E-state index is 9.15. The highest BCUT2D eigenvalue weighted by Crippen LogP contribution is 2.25. The molecule has 0 amide bonds. The van der Waals surface area contributed by atoms with Crippen molar-refractivity contribution in [2.45, 2.75) is 11.9 Å². The zero-order valence-electron chi connectivity index (χ0n) is 10.1. The molecule has 18 heavy (non-hydrogen) atoms. The first-order valence-electron chi connectivity index (χ1n) is 5.78. The Kier molecular flexibility index (Phi) is 4.19. The molecule has 0 spiro atoms. The molecule has 2 rings (SSSR count). The molecule has 0 bridgehead atoms. The summed E-state index contributed by atoms with van der Waals surface area (Å²) >= 11 is 1.53. The van der Waals surface area contributed by atoms with Crippen LogP contribution in [-0.4, -0.2) is 22.5 Å². The van der Waals surface area contributed by atoms with Gasteiger partial charge in [0.1, 0.15) is 11.1 Å². The smallest absolute Gasteiger partial charge is 0.115 e. The summed E-state index contributed by atoms with van der Waals surface area (Å²) in [5, 5.41) is 19.9. The van der Waals surface area contributed by atoms with Crippen LogP contribution in [0, 0.1) is 17.2 Å². The van der Waals surface area contributed by atoms with Crippen LogP contribution in [0.4, 0.5) is 0 Å². The van der Waals surface area contributed by atoms with Crippen LogP contribution in [0.2, 0.25) is 0 Å². The topological polar surface area (TPSA) is 56.9 Å². The van der Waals surface area contributed by atoms with Crippen molar-refractivity contribution < 1.29 is 5.11 Å². The number of nitriles is 1. The molecule has 0 aliphatic rings. The highest BCUT2D eigenvalue weighted by Gasteiger charge is 2.09. The van der Waals surface area contributed by atoms with Crippen molar-refractivity contribution in [1.29, 1.82) is 5.26 Å². The minimum atomic E-state index is 0.155. The Labute approximate surface area is 110 Å². The molecule has 1 N–H and O–H groups in total. The Balaban J connectivity index is 2.34. The zero-order chi connectivity index (χ0) is 13.0. The fourth-order valence-corrected chi connectivity index (χ4v) is 2.53. The number of thioether (sulfide) groups is 1. The fraction of sp³-hybridized carbons (Fsp3) is 0.286. The lowest BCUT2D eigenvalue weighted by atomic mass is 10.2. The van der Waals surface area contributed by atoms with Gasteiger partial charge in [-0.3, -0.25) is 0 Å². The summed E-state index contributed by atoms with van der Waals surface area (Å²) in [6.45, 7) is 2.13. The average molecular weight is 258 g/mol. The van der Waals surface area contributed by atoms with Gasteiger partial charge in [-0.2, -0.15) is 5.26 Å². The van der Waals surface area contributed by atoms with Crippen molar-refractivity contribution in [3.63, 3.8) is 0 Å².